The first-order valence-corrected chi connectivity index (χ1v) is 15.4. The van der Waals surface area contributed by atoms with Crippen molar-refractivity contribution >= 4 is 10.1 Å². The van der Waals surface area contributed by atoms with Gasteiger partial charge in [0.1, 0.15) is 16.4 Å². The molecule has 0 heterocycles. The molecule has 0 aliphatic rings. The molecule has 0 amide bonds. The third-order valence-electron chi connectivity index (χ3n) is 8.22. The molecule has 214 valence electrons. The van der Waals surface area contributed by atoms with E-state index in [1.165, 1.54) is 17.2 Å². The van der Waals surface area contributed by atoms with Gasteiger partial charge >= 0.3 is 0 Å². The van der Waals surface area contributed by atoms with E-state index in [-0.39, 0.29) is 29.1 Å². The third kappa shape index (κ3) is 5.96. The molecule has 0 aromatic heterocycles. The fourth-order valence-electron chi connectivity index (χ4n) is 5.49. The molecule has 6 heteroatoms. The maximum atomic E-state index is 12.3. The van der Waals surface area contributed by atoms with Crippen molar-refractivity contribution in [2.24, 2.45) is 0 Å². The zero-order valence-electron chi connectivity index (χ0n) is 23.8. The van der Waals surface area contributed by atoms with Crippen LogP contribution in [-0.2, 0) is 10.1 Å². The molecule has 0 saturated heterocycles. The van der Waals surface area contributed by atoms with Crippen LogP contribution in [0.4, 0.5) is 0 Å². The van der Waals surface area contributed by atoms with E-state index >= 15 is 0 Å². The lowest BCUT2D eigenvalue weighted by molar-refractivity contribution is 0.444. The van der Waals surface area contributed by atoms with Crippen molar-refractivity contribution < 1.29 is 23.2 Å². The van der Waals surface area contributed by atoms with Gasteiger partial charge in [0.05, 0.1) is 0 Å². The standard InChI is InChI=1S/C36H34O5S/c1-23(26-10-6-4-7-11-26)28-14-16-29(17-15-28)25(3)32-20-30(18-19-34(32)37)33-21-31(22-35(36(33)38)42(39,40)41)24(2)27-12-8-5-9-13-27/h4-25,37-38H,1-3H3,(H,39,40,41). The van der Waals surface area contributed by atoms with E-state index < -0.39 is 20.8 Å². The molecular weight excluding hydrogens is 544 g/mol. The summed E-state index contributed by atoms with van der Waals surface area (Å²) in [5.41, 5.74) is 6.40. The summed E-state index contributed by atoms with van der Waals surface area (Å²) in [5, 5.41) is 21.9. The van der Waals surface area contributed by atoms with Crippen LogP contribution in [0.1, 0.15) is 71.9 Å². The van der Waals surface area contributed by atoms with Crippen LogP contribution in [0.2, 0.25) is 0 Å². The van der Waals surface area contributed by atoms with E-state index in [2.05, 4.69) is 43.3 Å². The lowest BCUT2D eigenvalue weighted by Crippen LogP contribution is -2.04. The quantitative estimate of drug-likeness (QED) is 0.161. The summed E-state index contributed by atoms with van der Waals surface area (Å²) >= 11 is 0. The predicted octanol–water partition coefficient (Wildman–Crippen LogP) is 8.47. The van der Waals surface area contributed by atoms with Crippen molar-refractivity contribution in [1.29, 1.82) is 0 Å². The number of phenolic OH excluding ortho intramolecular Hbond substituents is 2. The summed E-state index contributed by atoms with van der Waals surface area (Å²) in [7, 11) is -4.71. The Morgan fingerprint density at radius 1 is 0.548 bits per heavy atom. The molecule has 0 radical (unpaired) electrons. The lowest BCUT2D eigenvalue weighted by Gasteiger charge is -2.20. The Bertz CT molecular complexity index is 1800. The van der Waals surface area contributed by atoms with Crippen LogP contribution in [-0.4, -0.2) is 23.2 Å². The highest BCUT2D eigenvalue weighted by molar-refractivity contribution is 7.86. The van der Waals surface area contributed by atoms with Gasteiger partial charge in [0.25, 0.3) is 10.1 Å². The van der Waals surface area contributed by atoms with Crippen LogP contribution >= 0.6 is 0 Å². The second-order valence-electron chi connectivity index (χ2n) is 10.8. The molecule has 5 aromatic carbocycles. The minimum absolute atomic E-state index is 0.0938. The molecule has 3 atom stereocenters. The number of benzene rings is 5. The van der Waals surface area contributed by atoms with Crippen molar-refractivity contribution in [2.75, 3.05) is 0 Å². The molecule has 5 rings (SSSR count). The van der Waals surface area contributed by atoms with Gasteiger partial charge in [0.15, 0.2) is 0 Å². The third-order valence-corrected chi connectivity index (χ3v) is 9.08. The van der Waals surface area contributed by atoms with Gasteiger partial charge in [0, 0.05) is 28.9 Å². The first kappa shape index (κ1) is 29.1. The Morgan fingerprint density at radius 3 is 1.55 bits per heavy atom. The minimum atomic E-state index is -4.71. The molecule has 0 saturated carbocycles. The van der Waals surface area contributed by atoms with Crippen LogP contribution in [0.3, 0.4) is 0 Å². The van der Waals surface area contributed by atoms with E-state index in [0.717, 1.165) is 11.1 Å². The van der Waals surface area contributed by atoms with E-state index in [9.17, 15) is 23.2 Å². The highest BCUT2D eigenvalue weighted by Crippen LogP contribution is 2.42. The summed E-state index contributed by atoms with van der Waals surface area (Å²) in [5.74, 6) is -0.613. The first-order chi connectivity index (χ1) is 20.0. The van der Waals surface area contributed by atoms with Gasteiger partial charge in [-0.25, -0.2) is 0 Å². The molecule has 0 fully saturated rings. The van der Waals surface area contributed by atoms with E-state index in [1.807, 2.05) is 62.4 Å². The van der Waals surface area contributed by atoms with Crippen molar-refractivity contribution in [2.45, 2.75) is 43.4 Å². The number of hydrogen-bond donors (Lipinski definition) is 3. The molecule has 3 N–H and O–H groups in total. The van der Waals surface area contributed by atoms with E-state index in [0.29, 0.717) is 16.7 Å². The monoisotopic (exact) mass is 578 g/mol. The van der Waals surface area contributed by atoms with Crippen LogP contribution in [0, 0.1) is 0 Å². The Hall–Kier alpha value is -4.39. The van der Waals surface area contributed by atoms with Crippen LogP contribution in [0.25, 0.3) is 11.1 Å². The Labute approximate surface area is 247 Å². The topological polar surface area (TPSA) is 94.8 Å². The first-order valence-electron chi connectivity index (χ1n) is 13.9. The Morgan fingerprint density at radius 2 is 1.02 bits per heavy atom. The largest absolute Gasteiger partial charge is 0.508 e. The van der Waals surface area contributed by atoms with Crippen LogP contribution in [0.15, 0.2) is 120 Å². The highest BCUT2D eigenvalue weighted by atomic mass is 32.2. The zero-order valence-corrected chi connectivity index (χ0v) is 24.6. The smallest absolute Gasteiger partial charge is 0.298 e. The maximum Gasteiger partial charge on any atom is 0.298 e. The van der Waals surface area contributed by atoms with Gasteiger partial charge in [-0.05, 0) is 57.6 Å². The number of aromatic hydroxyl groups is 2. The Balaban J connectivity index is 1.53. The molecular formula is C36H34O5S. The fraction of sp³-hybridized carbons (Fsp3) is 0.167. The second kappa shape index (κ2) is 11.8. The molecule has 0 spiro atoms. The van der Waals surface area contributed by atoms with Gasteiger partial charge in [-0.2, -0.15) is 8.42 Å². The SMILES string of the molecule is CC(c1ccccc1)c1ccc(C(C)c2cc(-c3cc(C(C)c4ccccc4)cc(S(=O)(=O)O)c3O)ccc2O)cc1. The van der Waals surface area contributed by atoms with Gasteiger partial charge < -0.3 is 10.2 Å². The van der Waals surface area contributed by atoms with Gasteiger partial charge in [-0.3, -0.25) is 4.55 Å². The van der Waals surface area contributed by atoms with Crippen molar-refractivity contribution in [3.05, 3.63) is 149 Å². The van der Waals surface area contributed by atoms with Gasteiger partial charge in [-0.1, -0.05) is 112 Å². The summed E-state index contributed by atoms with van der Waals surface area (Å²) in [6.07, 6.45) is 0. The van der Waals surface area contributed by atoms with Crippen molar-refractivity contribution in [3.8, 4) is 22.6 Å². The Kier molecular flexibility index (Phi) is 8.21. The summed E-state index contributed by atoms with van der Waals surface area (Å²) in [4.78, 5) is -0.552. The average Bonchev–Trinajstić information content (AvgIpc) is 3.01. The fourth-order valence-corrected chi connectivity index (χ4v) is 6.13. The summed E-state index contributed by atoms with van der Waals surface area (Å²) in [6.45, 7) is 6.10. The molecule has 42 heavy (non-hydrogen) atoms. The highest BCUT2D eigenvalue weighted by Gasteiger charge is 2.24. The molecule has 3 unspecified atom stereocenters. The van der Waals surface area contributed by atoms with Crippen LogP contribution in [0.5, 0.6) is 11.5 Å². The molecule has 0 aliphatic heterocycles. The maximum absolute atomic E-state index is 12.3. The van der Waals surface area contributed by atoms with Gasteiger partial charge in [0.2, 0.25) is 0 Å². The van der Waals surface area contributed by atoms with E-state index in [4.69, 9.17) is 0 Å². The second-order valence-corrected chi connectivity index (χ2v) is 12.2. The van der Waals surface area contributed by atoms with Crippen molar-refractivity contribution in [1.82, 2.24) is 0 Å². The number of hydrogen-bond acceptors (Lipinski definition) is 4. The molecule has 0 aliphatic carbocycles. The van der Waals surface area contributed by atoms with Gasteiger partial charge in [-0.15, -0.1) is 0 Å². The zero-order chi connectivity index (χ0) is 30.0. The van der Waals surface area contributed by atoms with Crippen LogP contribution < -0.4 is 0 Å². The number of phenols is 2. The summed E-state index contributed by atoms with van der Waals surface area (Å²) in [6, 6.07) is 36.2. The summed E-state index contributed by atoms with van der Waals surface area (Å²) < 4.78 is 34.5. The average molecular weight is 579 g/mol. The number of rotatable bonds is 8. The van der Waals surface area contributed by atoms with E-state index in [1.54, 1.807) is 24.3 Å². The lowest BCUT2D eigenvalue weighted by atomic mass is 9.86. The molecule has 5 nitrogen and oxygen atoms in total. The molecule has 0 bridgehead atoms. The normalized spacial score (nSPS) is 13.8. The van der Waals surface area contributed by atoms with Crippen molar-refractivity contribution in [3.63, 3.8) is 0 Å². The predicted molar refractivity (Wildman–Crippen MR) is 167 cm³/mol. The molecule has 5 aromatic rings. The minimum Gasteiger partial charge on any atom is -0.508 e.